The second kappa shape index (κ2) is 5.14. The molecule has 1 aromatic heterocycles. The van der Waals surface area contributed by atoms with Crippen LogP contribution in [-0.2, 0) is 11.3 Å². The number of ketones is 1. The first-order valence-corrected chi connectivity index (χ1v) is 5.80. The zero-order chi connectivity index (χ0) is 13.2. The number of nitrogens with zero attached hydrogens (tertiary/aromatic N) is 1. The Kier molecular flexibility index (Phi) is 3.75. The first kappa shape index (κ1) is 13.1. The maximum Gasteiger partial charge on any atom is 0.411 e. The number of hydrogen-bond donors (Lipinski definition) is 0. The molecule has 1 aromatic rings. The van der Waals surface area contributed by atoms with E-state index in [0.29, 0.717) is 12.1 Å². The Balaban J connectivity index is 1.75. The van der Waals surface area contributed by atoms with Gasteiger partial charge < -0.3 is 9.30 Å². The van der Waals surface area contributed by atoms with E-state index in [9.17, 15) is 18.0 Å². The monoisotopic (exact) mass is 261 g/mol. The van der Waals surface area contributed by atoms with Gasteiger partial charge >= 0.3 is 6.18 Å². The van der Waals surface area contributed by atoms with Crippen molar-refractivity contribution in [3.8, 4) is 0 Å². The van der Waals surface area contributed by atoms with Crippen molar-refractivity contribution in [2.75, 3.05) is 13.2 Å². The third-order valence-electron chi connectivity index (χ3n) is 2.74. The minimum absolute atomic E-state index is 0.0226. The quantitative estimate of drug-likeness (QED) is 0.582. The van der Waals surface area contributed by atoms with Crippen molar-refractivity contribution in [2.45, 2.75) is 25.6 Å². The first-order chi connectivity index (χ1) is 8.46. The molecule has 0 radical (unpaired) electrons. The second-order valence-corrected chi connectivity index (χ2v) is 4.44. The highest BCUT2D eigenvalue weighted by molar-refractivity contribution is 5.99. The van der Waals surface area contributed by atoms with Gasteiger partial charge in [0.15, 0.2) is 5.78 Å². The standard InChI is InChI=1S/C12H14F3NO2/c13-12(14,15)8-18-6-5-16-4-3-10(7-16)11(17)9-1-2-9/h3-4,7,9H,1-2,5-6,8H2. The van der Waals surface area contributed by atoms with Crippen LogP contribution in [0.5, 0.6) is 0 Å². The van der Waals surface area contributed by atoms with Crippen LogP contribution in [0.2, 0.25) is 0 Å². The molecule has 6 heteroatoms. The van der Waals surface area contributed by atoms with Gasteiger partial charge in [0, 0.05) is 30.4 Å². The van der Waals surface area contributed by atoms with Crippen molar-refractivity contribution in [3.05, 3.63) is 24.0 Å². The number of carbonyl (C=O) groups is 1. The van der Waals surface area contributed by atoms with Crippen LogP contribution in [0.4, 0.5) is 13.2 Å². The normalized spacial score (nSPS) is 15.9. The fourth-order valence-electron chi connectivity index (χ4n) is 1.66. The molecular formula is C12H14F3NO2. The third-order valence-corrected chi connectivity index (χ3v) is 2.74. The molecule has 0 atom stereocenters. The molecule has 0 aromatic carbocycles. The Labute approximate surface area is 103 Å². The van der Waals surface area contributed by atoms with Crippen molar-refractivity contribution in [2.24, 2.45) is 5.92 Å². The summed E-state index contributed by atoms with van der Waals surface area (Å²) in [6, 6.07) is 1.70. The summed E-state index contributed by atoms with van der Waals surface area (Å²) >= 11 is 0. The van der Waals surface area contributed by atoms with E-state index in [4.69, 9.17) is 0 Å². The van der Waals surface area contributed by atoms with Crippen molar-refractivity contribution in [3.63, 3.8) is 0 Å². The molecule has 2 rings (SSSR count). The predicted molar refractivity (Wildman–Crippen MR) is 58.4 cm³/mol. The summed E-state index contributed by atoms with van der Waals surface area (Å²) in [6.45, 7) is -0.943. The Morgan fingerprint density at radius 1 is 1.44 bits per heavy atom. The molecular weight excluding hydrogens is 247 g/mol. The van der Waals surface area contributed by atoms with Crippen LogP contribution >= 0.6 is 0 Å². The summed E-state index contributed by atoms with van der Waals surface area (Å²) in [5, 5.41) is 0. The number of rotatable bonds is 6. The smallest absolute Gasteiger partial charge is 0.370 e. The maximum absolute atomic E-state index is 11.8. The predicted octanol–water partition coefficient (Wildman–Crippen LogP) is 2.66. The zero-order valence-electron chi connectivity index (χ0n) is 9.74. The van der Waals surface area contributed by atoms with Crippen LogP contribution in [0.3, 0.4) is 0 Å². The van der Waals surface area contributed by atoms with Gasteiger partial charge in [0.05, 0.1) is 6.61 Å². The van der Waals surface area contributed by atoms with E-state index in [0.717, 1.165) is 12.8 Å². The minimum Gasteiger partial charge on any atom is -0.370 e. The van der Waals surface area contributed by atoms with Gasteiger partial charge in [-0.05, 0) is 18.9 Å². The highest BCUT2D eigenvalue weighted by atomic mass is 19.4. The molecule has 0 bridgehead atoms. The lowest BCUT2D eigenvalue weighted by molar-refractivity contribution is -0.174. The number of hydrogen-bond acceptors (Lipinski definition) is 2. The van der Waals surface area contributed by atoms with Gasteiger partial charge in [0.1, 0.15) is 6.61 Å². The lowest BCUT2D eigenvalue weighted by Crippen LogP contribution is -2.18. The molecule has 1 aliphatic rings. The van der Waals surface area contributed by atoms with Crippen LogP contribution in [0, 0.1) is 5.92 Å². The summed E-state index contributed by atoms with van der Waals surface area (Å²) in [4.78, 5) is 11.7. The van der Waals surface area contributed by atoms with Gasteiger partial charge in [-0.2, -0.15) is 13.2 Å². The maximum atomic E-state index is 11.8. The third kappa shape index (κ3) is 3.87. The first-order valence-electron chi connectivity index (χ1n) is 5.80. The summed E-state index contributed by atoms with van der Waals surface area (Å²) in [6.07, 6.45) is 0.950. The average Bonchev–Trinajstić information content (AvgIpc) is 3.02. The van der Waals surface area contributed by atoms with E-state index in [1.165, 1.54) is 0 Å². The van der Waals surface area contributed by atoms with E-state index in [1.54, 1.807) is 23.0 Å². The molecule has 0 N–H and O–H groups in total. The van der Waals surface area contributed by atoms with Crippen molar-refractivity contribution < 1.29 is 22.7 Å². The van der Waals surface area contributed by atoms with Gasteiger partial charge in [0.25, 0.3) is 0 Å². The lowest BCUT2D eigenvalue weighted by atomic mass is 10.1. The topological polar surface area (TPSA) is 31.2 Å². The molecule has 18 heavy (non-hydrogen) atoms. The summed E-state index contributed by atoms with van der Waals surface area (Å²) in [5.74, 6) is 0.285. The van der Waals surface area contributed by atoms with E-state index in [2.05, 4.69) is 4.74 Å². The summed E-state index contributed by atoms with van der Waals surface area (Å²) in [7, 11) is 0. The zero-order valence-corrected chi connectivity index (χ0v) is 9.74. The fraction of sp³-hybridized carbons (Fsp3) is 0.583. The molecule has 1 aliphatic carbocycles. The summed E-state index contributed by atoms with van der Waals surface area (Å²) in [5.41, 5.74) is 0.633. The minimum atomic E-state index is -4.29. The Bertz CT molecular complexity index is 421. The van der Waals surface area contributed by atoms with Gasteiger partial charge in [0.2, 0.25) is 0 Å². The number of aromatic nitrogens is 1. The lowest BCUT2D eigenvalue weighted by Gasteiger charge is -2.07. The largest absolute Gasteiger partial charge is 0.411 e. The van der Waals surface area contributed by atoms with Crippen LogP contribution < -0.4 is 0 Å². The Morgan fingerprint density at radius 3 is 2.78 bits per heavy atom. The molecule has 1 heterocycles. The molecule has 3 nitrogen and oxygen atoms in total. The van der Waals surface area contributed by atoms with Crippen LogP contribution in [0.15, 0.2) is 18.5 Å². The molecule has 0 unspecified atom stereocenters. The number of Topliss-reactive ketones (excluding diaryl/α,β-unsaturated/α-hetero) is 1. The molecule has 0 amide bonds. The van der Waals surface area contributed by atoms with E-state index < -0.39 is 12.8 Å². The molecule has 0 spiro atoms. The van der Waals surface area contributed by atoms with Crippen LogP contribution in [-0.4, -0.2) is 29.7 Å². The van der Waals surface area contributed by atoms with Crippen LogP contribution in [0.1, 0.15) is 23.2 Å². The van der Waals surface area contributed by atoms with Crippen molar-refractivity contribution >= 4 is 5.78 Å². The Hall–Kier alpha value is -1.30. The number of halogens is 3. The van der Waals surface area contributed by atoms with Crippen LogP contribution in [0.25, 0.3) is 0 Å². The molecule has 0 aliphatic heterocycles. The van der Waals surface area contributed by atoms with E-state index >= 15 is 0 Å². The fourth-order valence-corrected chi connectivity index (χ4v) is 1.66. The number of alkyl halides is 3. The molecule has 100 valence electrons. The second-order valence-electron chi connectivity index (χ2n) is 4.44. The summed E-state index contributed by atoms with van der Waals surface area (Å²) < 4.78 is 41.6. The Morgan fingerprint density at radius 2 is 2.17 bits per heavy atom. The van der Waals surface area contributed by atoms with Gasteiger partial charge in [-0.3, -0.25) is 4.79 Å². The van der Waals surface area contributed by atoms with Crippen molar-refractivity contribution in [1.29, 1.82) is 0 Å². The molecule has 1 saturated carbocycles. The SMILES string of the molecule is O=C(c1ccn(CCOCC(F)(F)F)c1)C1CC1. The highest BCUT2D eigenvalue weighted by Crippen LogP contribution is 2.32. The number of ether oxygens (including phenoxy) is 1. The number of carbonyl (C=O) groups excluding carboxylic acids is 1. The van der Waals surface area contributed by atoms with Crippen molar-refractivity contribution in [1.82, 2.24) is 4.57 Å². The van der Waals surface area contributed by atoms with Gasteiger partial charge in [-0.25, -0.2) is 0 Å². The van der Waals surface area contributed by atoms with E-state index in [-0.39, 0.29) is 18.3 Å². The molecule has 0 saturated heterocycles. The van der Waals surface area contributed by atoms with Gasteiger partial charge in [-0.1, -0.05) is 0 Å². The highest BCUT2D eigenvalue weighted by Gasteiger charge is 2.30. The average molecular weight is 261 g/mol. The van der Waals surface area contributed by atoms with E-state index in [1.807, 2.05) is 0 Å². The molecule has 1 fully saturated rings. The van der Waals surface area contributed by atoms with Gasteiger partial charge in [-0.15, -0.1) is 0 Å².